The average Bonchev–Trinajstić information content (AvgIpc) is 2.96. The summed E-state index contributed by atoms with van der Waals surface area (Å²) in [4.78, 5) is 10.7. The van der Waals surface area contributed by atoms with Crippen LogP contribution >= 0.6 is 0 Å². The largest absolute Gasteiger partial charge is 0.508 e. The fourth-order valence-electron chi connectivity index (χ4n) is 2.12. The van der Waals surface area contributed by atoms with Gasteiger partial charge in [0.25, 0.3) is 0 Å². The molecule has 2 rings (SSSR count). The third-order valence-electron chi connectivity index (χ3n) is 3.24. The summed E-state index contributed by atoms with van der Waals surface area (Å²) in [7, 11) is 0. The van der Waals surface area contributed by atoms with E-state index in [2.05, 4.69) is 0 Å². The van der Waals surface area contributed by atoms with Gasteiger partial charge in [-0.3, -0.25) is 4.79 Å². The molecule has 2 N–H and O–H groups in total. The smallest absolute Gasteiger partial charge is 0.416 e. The molecule has 0 heterocycles. The number of phenolic OH excluding ortho intramolecular Hbond substituents is 1. The van der Waals surface area contributed by atoms with E-state index in [0.717, 1.165) is 18.2 Å². The number of hydrogen-bond donors (Lipinski definition) is 2. The Bertz CT molecular complexity index is 490. The van der Waals surface area contributed by atoms with Crippen LogP contribution in [0.5, 0.6) is 5.75 Å². The molecule has 3 nitrogen and oxygen atoms in total. The van der Waals surface area contributed by atoms with Gasteiger partial charge in [-0.15, -0.1) is 0 Å². The molecular formula is C12H11F3O3. The van der Waals surface area contributed by atoms with Gasteiger partial charge in [0, 0.05) is 11.0 Å². The lowest BCUT2D eigenvalue weighted by Gasteiger charge is -2.17. The molecule has 18 heavy (non-hydrogen) atoms. The van der Waals surface area contributed by atoms with E-state index in [1.807, 2.05) is 0 Å². The van der Waals surface area contributed by atoms with Crippen molar-refractivity contribution in [2.45, 2.75) is 30.9 Å². The monoisotopic (exact) mass is 260 g/mol. The molecule has 98 valence electrons. The molecule has 0 saturated heterocycles. The fourth-order valence-corrected chi connectivity index (χ4v) is 2.12. The Hall–Kier alpha value is -1.72. The van der Waals surface area contributed by atoms with Gasteiger partial charge in [0.1, 0.15) is 5.75 Å². The van der Waals surface area contributed by atoms with Crippen LogP contribution in [0, 0.1) is 0 Å². The highest BCUT2D eigenvalue weighted by molar-refractivity contribution is 5.70. The average molecular weight is 260 g/mol. The van der Waals surface area contributed by atoms with E-state index < -0.39 is 23.1 Å². The highest BCUT2D eigenvalue weighted by Crippen LogP contribution is 2.54. The number of rotatable bonds is 3. The summed E-state index contributed by atoms with van der Waals surface area (Å²) >= 11 is 0. The highest BCUT2D eigenvalue weighted by atomic mass is 19.4. The topological polar surface area (TPSA) is 57.5 Å². The van der Waals surface area contributed by atoms with Gasteiger partial charge < -0.3 is 10.2 Å². The van der Waals surface area contributed by atoms with Crippen molar-refractivity contribution in [3.8, 4) is 5.75 Å². The predicted molar refractivity (Wildman–Crippen MR) is 56.3 cm³/mol. The number of aromatic hydroxyl groups is 1. The van der Waals surface area contributed by atoms with E-state index >= 15 is 0 Å². The molecule has 0 unspecified atom stereocenters. The maximum absolute atomic E-state index is 12.6. The predicted octanol–water partition coefficient (Wildman–Crippen LogP) is 2.92. The number of benzene rings is 1. The molecule has 0 aliphatic heterocycles. The first-order valence-electron chi connectivity index (χ1n) is 5.37. The van der Waals surface area contributed by atoms with Gasteiger partial charge in [0.2, 0.25) is 0 Å². The van der Waals surface area contributed by atoms with E-state index in [1.54, 1.807) is 0 Å². The van der Waals surface area contributed by atoms with E-state index in [4.69, 9.17) is 5.11 Å². The fraction of sp³-hybridized carbons (Fsp3) is 0.417. The molecule has 1 aliphatic rings. The van der Waals surface area contributed by atoms with Crippen LogP contribution in [0.15, 0.2) is 18.2 Å². The first-order valence-corrected chi connectivity index (χ1v) is 5.37. The Balaban J connectivity index is 2.42. The van der Waals surface area contributed by atoms with Gasteiger partial charge in [0.15, 0.2) is 0 Å². The van der Waals surface area contributed by atoms with Crippen molar-refractivity contribution in [1.82, 2.24) is 0 Å². The van der Waals surface area contributed by atoms with Crippen LogP contribution in [0.4, 0.5) is 13.2 Å². The van der Waals surface area contributed by atoms with Crippen LogP contribution in [0.25, 0.3) is 0 Å². The van der Waals surface area contributed by atoms with Gasteiger partial charge in [-0.05, 0) is 31.0 Å². The van der Waals surface area contributed by atoms with Crippen LogP contribution in [-0.2, 0) is 16.4 Å². The SMILES string of the molecule is O=C(O)CC1(c2cc(C(F)(F)F)ccc2O)CC1. The number of aliphatic carboxylic acids is 1. The molecule has 0 spiro atoms. The van der Waals surface area contributed by atoms with Crippen LogP contribution in [0.2, 0.25) is 0 Å². The summed E-state index contributed by atoms with van der Waals surface area (Å²) in [6.07, 6.45) is -3.80. The lowest BCUT2D eigenvalue weighted by atomic mass is 9.90. The Kier molecular flexibility index (Phi) is 2.76. The van der Waals surface area contributed by atoms with Crippen molar-refractivity contribution in [3.63, 3.8) is 0 Å². The standard InChI is InChI=1S/C12H11F3O3/c13-12(14,15)7-1-2-9(16)8(5-7)11(3-4-11)6-10(17)18/h1-2,5,16H,3-4,6H2,(H,17,18). The van der Waals surface area contributed by atoms with Gasteiger partial charge in [-0.25, -0.2) is 0 Å². The van der Waals surface area contributed by atoms with E-state index in [-0.39, 0.29) is 17.7 Å². The summed E-state index contributed by atoms with van der Waals surface area (Å²) in [5.74, 6) is -1.36. The van der Waals surface area contributed by atoms with Gasteiger partial charge >= 0.3 is 12.1 Å². The maximum atomic E-state index is 12.6. The van der Waals surface area contributed by atoms with E-state index in [1.165, 1.54) is 0 Å². The summed E-state index contributed by atoms with van der Waals surface area (Å²) in [5, 5.41) is 18.4. The molecule has 0 amide bonds. The van der Waals surface area contributed by atoms with Crippen molar-refractivity contribution >= 4 is 5.97 Å². The maximum Gasteiger partial charge on any atom is 0.416 e. The zero-order valence-corrected chi connectivity index (χ0v) is 9.29. The number of phenols is 1. The van der Waals surface area contributed by atoms with E-state index in [0.29, 0.717) is 12.8 Å². The third kappa shape index (κ3) is 2.27. The molecule has 1 aliphatic carbocycles. The van der Waals surface area contributed by atoms with Crippen LogP contribution in [-0.4, -0.2) is 16.2 Å². The number of hydrogen-bond acceptors (Lipinski definition) is 2. The molecule has 0 aromatic heterocycles. The van der Waals surface area contributed by atoms with Crippen LogP contribution in [0.1, 0.15) is 30.4 Å². The summed E-state index contributed by atoms with van der Waals surface area (Å²) in [6.45, 7) is 0. The summed E-state index contributed by atoms with van der Waals surface area (Å²) < 4.78 is 37.7. The summed E-state index contributed by atoms with van der Waals surface area (Å²) in [5.41, 5.74) is -1.62. The molecule has 1 fully saturated rings. The number of carboxylic acid groups (broad SMARTS) is 1. The second kappa shape index (κ2) is 3.90. The summed E-state index contributed by atoms with van der Waals surface area (Å²) in [6, 6.07) is 2.61. The first kappa shape index (κ1) is 12.7. The number of alkyl halides is 3. The Labute approximate surface area is 101 Å². The molecular weight excluding hydrogens is 249 g/mol. The van der Waals surface area contributed by atoms with Crippen molar-refractivity contribution in [3.05, 3.63) is 29.3 Å². The Morgan fingerprint density at radius 1 is 1.33 bits per heavy atom. The Morgan fingerprint density at radius 2 is 1.94 bits per heavy atom. The third-order valence-corrected chi connectivity index (χ3v) is 3.24. The van der Waals surface area contributed by atoms with Gasteiger partial charge in [0.05, 0.1) is 12.0 Å². The molecule has 1 aromatic rings. The minimum Gasteiger partial charge on any atom is -0.508 e. The van der Waals surface area contributed by atoms with Crippen molar-refractivity contribution in [2.75, 3.05) is 0 Å². The molecule has 0 atom stereocenters. The van der Waals surface area contributed by atoms with Gasteiger partial charge in [-0.1, -0.05) is 0 Å². The quantitative estimate of drug-likeness (QED) is 0.878. The Morgan fingerprint density at radius 3 is 2.39 bits per heavy atom. The lowest BCUT2D eigenvalue weighted by Crippen LogP contribution is -2.15. The van der Waals surface area contributed by atoms with Crippen LogP contribution in [0.3, 0.4) is 0 Å². The normalized spacial score (nSPS) is 17.5. The molecule has 0 radical (unpaired) electrons. The molecule has 1 aromatic carbocycles. The van der Waals surface area contributed by atoms with Crippen molar-refractivity contribution in [1.29, 1.82) is 0 Å². The molecule has 1 saturated carbocycles. The second-order valence-electron chi connectivity index (χ2n) is 4.58. The highest BCUT2D eigenvalue weighted by Gasteiger charge is 2.48. The first-order chi connectivity index (χ1) is 8.24. The second-order valence-corrected chi connectivity index (χ2v) is 4.58. The van der Waals surface area contributed by atoms with Crippen LogP contribution < -0.4 is 0 Å². The number of carbonyl (C=O) groups is 1. The number of carboxylic acids is 1. The zero-order valence-electron chi connectivity index (χ0n) is 9.29. The number of halogens is 3. The van der Waals surface area contributed by atoms with Crippen molar-refractivity contribution in [2.24, 2.45) is 0 Å². The molecule has 6 heteroatoms. The van der Waals surface area contributed by atoms with Gasteiger partial charge in [-0.2, -0.15) is 13.2 Å². The molecule has 0 bridgehead atoms. The minimum atomic E-state index is -4.50. The lowest BCUT2D eigenvalue weighted by molar-refractivity contribution is -0.138. The zero-order chi connectivity index (χ0) is 13.6. The van der Waals surface area contributed by atoms with E-state index in [9.17, 15) is 23.1 Å². The van der Waals surface area contributed by atoms with Crippen molar-refractivity contribution < 1.29 is 28.2 Å². The minimum absolute atomic E-state index is 0.0831.